The first-order chi connectivity index (χ1) is 19.6. The molecule has 0 bridgehead atoms. The number of nitrogens with one attached hydrogen (secondary N) is 1. The molecule has 1 aromatic heterocycles. The van der Waals surface area contributed by atoms with Crippen LogP contribution in [0.15, 0.2) is 82.8 Å². The summed E-state index contributed by atoms with van der Waals surface area (Å²) in [6, 6.07) is 19.2. The van der Waals surface area contributed by atoms with Crippen LogP contribution in [0.2, 0.25) is 0 Å². The zero-order valence-electron chi connectivity index (χ0n) is 23.4. The monoisotopic (exact) mass is 578 g/mol. The summed E-state index contributed by atoms with van der Waals surface area (Å²) in [6.45, 7) is 4.92. The Morgan fingerprint density at radius 1 is 1.00 bits per heavy atom. The molecule has 0 atom stereocenters. The number of nitrogens with zero attached hydrogens (tertiary/aromatic N) is 3. The molecule has 0 fully saturated rings. The van der Waals surface area contributed by atoms with Crippen molar-refractivity contribution in [3.8, 4) is 17.2 Å². The number of halogens is 1. The second-order valence-corrected chi connectivity index (χ2v) is 11.1. The number of aromatic nitrogens is 1. The van der Waals surface area contributed by atoms with Gasteiger partial charge in [-0.25, -0.2) is 18.2 Å². The highest BCUT2D eigenvalue weighted by Crippen LogP contribution is 2.35. The third-order valence-electron chi connectivity index (χ3n) is 6.51. The van der Waals surface area contributed by atoms with Crippen LogP contribution in [-0.2, 0) is 14.8 Å². The number of carbonyl (C=O) groups excluding carboxylic acids is 1. The Hall–Kier alpha value is -4.64. The van der Waals surface area contributed by atoms with E-state index in [1.807, 2.05) is 26.8 Å². The predicted molar refractivity (Wildman–Crippen MR) is 156 cm³/mol. The van der Waals surface area contributed by atoms with Crippen molar-refractivity contribution in [2.24, 2.45) is 5.10 Å². The SMILES string of the molecule is COc1ccc(N(CC(=O)N/N=C/c2cc(C)n(-c3ccccc3F)c2C)S(=O)(=O)c2ccc(C)cc2)c(OC)c1. The normalized spacial score (nSPS) is 11.5. The lowest BCUT2D eigenvalue weighted by atomic mass is 10.2. The van der Waals surface area contributed by atoms with E-state index in [0.29, 0.717) is 17.0 Å². The highest BCUT2D eigenvalue weighted by Gasteiger charge is 2.29. The van der Waals surface area contributed by atoms with Gasteiger partial charge in [0.1, 0.15) is 23.9 Å². The van der Waals surface area contributed by atoms with Crippen molar-refractivity contribution in [1.82, 2.24) is 9.99 Å². The molecule has 0 spiro atoms. The second kappa shape index (κ2) is 12.3. The van der Waals surface area contributed by atoms with E-state index in [1.54, 1.807) is 41.0 Å². The van der Waals surface area contributed by atoms with Crippen molar-refractivity contribution in [3.05, 3.63) is 101 Å². The summed E-state index contributed by atoms with van der Waals surface area (Å²) in [5.41, 5.74) is 6.01. The number of sulfonamides is 1. The van der Waals surface area contributed by atoms with Crippen LogP contribution >= 0.6 is 0 Å². The van der Waals surface area contributed by atoms with Crippen LogP contribution in [0.25, 0.3) is 5.69 Å². The van der Waals surface area contributed by atoms with E-state index in [1.165, 1.54) is 50.8 Å². The van der Waals surface area contributed by atoms with Crippen LogP contribution in [0, 0.1) is 26.6 Å². The Morgan fingerprint density at radius 2 is 1.71 bits per heavy atom. The van der Waals surface area contributed by atoms with E-state index in [9.17, 15) is 17.6 Å². The molecule has 4 rings (SSSR count). The molecular weight excluding hydrogens is 547 g/mol. The molecule has 0 aliphatic carbocycles. The Balaban J connectivity index is 1.62. The van der Waals surface area contributed by atoms with Gasteiger partial charge in [0.25, 0.3) is 15.9 Å². The van der Waals surface area contributed by atoms with Gasteiger partial charge in [-0.15, -0.1) is 0 Å². The summed E-state index contributed by atoms with van der Waals surface area (Å²) in [7, 11) is -1.30. The number of carbonyl (C=O) groups is 1. The van der Waals surface area contributed by atoms with Crippen LogP contribution in [0.5, 0.6) is 11.5 Å². The molecule has 41 heavy (non-hydrogen) atoms. The lowest BCUT2D eigenvalue weighted by Gasteiger charge is -2.25. The number of ether oxygens (including phenoxy) is 2. The molecule has 0 radical (unpaired) electrons. The quantitative estimate of drug-likeness (QED) is 0.213. The lowest BCUT2D eigenvalue weighted by molar-refractivity contribution is -0.119. The van der Waals surface area contributed by atoms with Crippen molar-refractivity contribution in [1.29, 1.82) is 0 Å². The molecule has 0 unspecified atom stereocenters. The minimum Gasteiger partial charge on any atom is -0.497 e. The summed E-state index contributed by atoms with van der Waals surface area (Å²) in [6.07, 6.45) is 1.43. The average Bonchev–Trinajstić information content (AvgIpc) is 3.24. The molecule has 9 nitrogen and oxygen atoms in total. The van der Waals surface area contributed by atoms with Gasteiger partial charge in [-0.1, -0.05) is 29.8 Å². The number of benzene rings is 3. The average molecular weight is 579 g/mol. The molecule has 0 saturated carbocycles. The van der Waals surface area contributed by atoms with Crippen molar-refractivity contribution < 1.29 is 27.1 Å². The molecular formula is C30H31FN4O5S. The summed E-state index contributed by atoms with van der Waals surface area (Å²) in [5, 5.41) is 4.05. The Labute approximate surface area is 238 Å². The fourth-order valence-corrected chi connectivity index (χ4v) is 5.82. The van der Waals surface area contributed by atoms with Crippen molar-refractivity contribution >= 4 is 27.8 Å². The van der Waals surface area contributed by atoms with Gasteiger partial charge in [-0.3, -0.25) is 9.10 Å². The molecule has 11 heteroatoms. The first-order valence-corrected chi connectivity index (χ1v) is 14.1. The van der Waals surface area contributed by atoms with Gasteiger partial charge in [0.15, 0.2) is 0 Å². The van der Waals surface area contributed by atoms with Gasteiger partial charge in [0, 0.05) is 23.0 Å². The van der Waals surface area contributed by atoms with E-state index in [4.69, 9.17) is 9.47 Å². The van der Waals surface area contributed by atoms with Crippen LogP contribution < -0.4 is 19.2 Å². The van der Waals surface area contributed by atoms with Gasteiger partial charge in [-0.2, -0.15) is 5.10 Å². The Morgan fingerprint density at radius 3 is 2.37 bits per heavy atom. The van der Waals surface area contributed by atoms with Crippen LogP contribution in [0.4, 0.5) is 10.1 Å². The molecule has 0 aliphatic rings. The first-order valence-electron chi connectivity index (χ1n) is 12.6. The molecule has 214 valence electrons. The Kier molecular flexibility index (Phi) is 8.77. The van der Waals surface area contributed by atoms with Gasteiger partial charge in [0.05, 0.1) is 36.7 Å². The number of hydrogen-bond acceptors (Lipinski definition) is 6. The van der Waals surface area contributed by atoms with E-state index < -0.39 is 22.5 Å². The van der Waals surface area contributed by atoms with E-state index >= 15 is 0 Å². The van der Waals surface area contributed by atoms with Gasteiger partial charge >= 0.3 is 0 Å². The highest BCUT2D eigenvalue weighted by atomic mass is 32.2. The number of para-hydroxylation sites is 1. The molecule has 3 aromatic carbocycles. The topological polar surface area (TPSA) is 102 Å². The second-order valence-electron chi connectivity index (χ2n) is 9.27. The largest absolute Gasteiger partial charge is 0.497 e. The van der Waals surface area contributed by atoms with Crippen LogP contribution in [0.1, 0.15) is 22.5 Å². The third kappa shape index (κ3) is 6.25. The van der Waals surface area contributed by atoms with Crippen molar-refractivity contribution in [2.75, 3.05) is 25.1 Å². The summed E-state index contributed by atoms with van der Waals surface area (Å²) in [5.74, 6) is -0.384. The zero-order valence-corrected chi connectivity index (χ0v) is 24.2. The van der Waals surface area contributed by atoms with Gasteiger partial charge < -0.3 is 14.0 Å². The number of methoxy groups -OCH3 is 2. The highest BCUT2D eigenvalue weighted by molar-refractivity contribution is 7.92. The fraction of sp³-hybridized carbons (Fsp3) is 0.200. The number of hydrazone groups is 1. The number of rotatable bonds is 10. The first kappa shape index (κ1) is 29.3. The third-order valence-corrected chi connectivity index (χ3v) is 8.28. The zero-order chi connectivity index (χ0) is 29.7. The summed E-state index contributed by atoms with van der Waals surface area (Å²) < 4.78 is 55.3. The number of amides is 1. The van der Waals surface area contributed by atoms with E-state index in [-0.39, 0.29) is 22.1 Å². The maximum atomic E-state index is 14.4. The number of hydrogen-bond donors (Lipinski definition) is 1. The maximum absolute atomic E-state index is 14.4. The molecule has 1 amide bonds. The Bertz CT molecular complexity index is 1700. The minimum atomic E-state index is -4.18. The fourth-order valence-electron chi connectivity index (χ4n) is 4.39. The predicted octanol–water partition coefficient (Wildman–Crippen LogP) is 4.90. The molecule has 1 N–H and O–H groups in total. The molecule has 0 aliphatic heterocycles. The smallest absolute Gasteiger partial charge is 0.264 e. The maximum Gasteiger partial charge on any atom is 0.264 e. The summed E-state index contributed by atoms with van der Waals surface area (Å²) in [4.78, 5) is 13.1. The lowest BCUT2D eigenvalue weighted by Crippen LogP contribution is -2.39. The van der Waals surface area contributed by atoms with Crippen molar-refractivity contribution in [3.63, 3.8) is 0 Å². The van der Waals surface area contributed by atoms with Gasteiger partial charge in [0.2, 0.25) is 0 Å². The molecule has 4 aromatic rings. The van der Waals surface area contributed by atoms with E-state index in [0.717, 1.165) is 21.3 Å². The number of anilines is 1. The standard InChI is InChI=1S/C30H31FN4O5S/c1-20-10-13-25(14-11-20)41(37,38)34(28-15-12-24(39-4)17-29(28)40-5)19-30(36)33-32-18-23-16-21(2)35(22(23)3)27-9-7-6-8-26(27)31/h6-18H,19H2,1-5H3,(H,33,36)/b32-18+. The minimum absolute atomic E-state index is 0.0119. The van der Waals surface area contributed by atoms with Crippen LogP contribution in [0.3, 0.4) is 0 Å². The van der Waals surface area contributed by atoms with Crippen molar-refractivity contribution in [2.45, 2.75) is 25.7 Å². The number of aryl methyl sites for hydroxylation is 2. The van der Waals surface area contributed by atoms with Crippen LogP contribution in [-0.4, -0.2) is 45.9 Å². The summed E-state index contributed by atoms with van der Waals surface area (Å²) >= 11 is 0. The molecule has 0 saturated heterocycles. The van der Waals surface area contributed by atoms with E-state index in [2.05, 4.69) is 10.5 Å². The molecule has 1 heterocycles. The van der Waals surface area contributed by atoms with Gasteiger partial charge in [-0.05, 0) is 63.2 Å².